The molecule has 0 saturated heterocycles. The van der Waals surface area contributed by atoms with Crippen LogP contribution in [-0.4, -0.2) is 25.4 Å². The second-order valence-corrected chi connectivity index (χ2v) is 4.33. The van der Waals surface area contributed by atoms with Crippen molar-refractivity contribution in [3.63, 3.8) is 0 Å². The number of carbonyl (C=O) groups excluding carboxylic acids is 1. The molecular weight excluding hydrogens is 288 g/mol. The monoisotopic (exact) mass is 304 g/mol. The number of esters is 1. The molecule has 0 radical (unpaired) electrons. The Labute approximate surface area is 126 Å². The van der Waals surface area contributed by atoms with Gasteiger partial charge in [0.1, 0.15) is 5.71 Å². The maximum absolute atomic E-state index is 12.1. The highest BCUT2D eigenvalue weighted by Gasteiger charge is 2.12. The lowest BCUT2D eigenvalue weighted by atomic mass is 10.2. The first-order valence-electron chi connectivity index (χ1n) is 6.64. The highest BCUT2D eigenvalue weighted by Crippen LogP contribution is 2.29. The second-order valence-electron chi connectivity index (χ2n) is 4.33. The Bertz CT molecular complexity index is 779. The van der Waals surface area contributed by atoms with E-state index in [2.05, 4.69) is 10.5 Å². The molecule has 0 atom stereocenters. The number of hydrogen-bond donors (Lipinski definition) is 1. The maximum Gasteiger partial charge on any atom is 0.354 e. The number of nitrogens with zero attached hydrogens (tertiary/aromatic N) is 1. The van der Waals surface area contributed by atoms with Crippen molar-refractivity contribution in [2.45, 2.75) is 13.8 Å². The minimum absolute atomic E-state index is 0.145. The molecule has 0 aliphatic heterocycles. The van der Waals surface area contributed by atoms with Crippen molar-refractivity contribution in [2.24, 2.45) is 5.10 Å². The summed E-state index contributed by atoms with van der Waals surface area (Å²) in [6.07, 6.45) is 1.30. The van der Waals surface area contributed by atoms with Crippen LogP contribution in [0.2, 0.25) is 0 Å². The Balaban J connectivity index is 2.43. The predicted octanol–water partition coefficient (Wildman–Crippen LogP) is 2.15. The topological polar surface area (TPSA) is 90.1 Å². The van der Waals surface area contributed by atoms with Crippen LogP contribution in [0.5, 0.6) is 5.75 Å². The van der Waals surface area contributed by atoms with Crippen molar-refractivity contribution in [1.29, 1.82) is 0 Å². The Morgan fingerprint density at radius 1 is 1.36 bits per heavy atom. The van der Waals surface area contributed by atoms with Crippen LogP contribution in [0.15, 0.2) is 38.8 Å². The molecule has 0 amide bonds. The molecule has 2 rings (SSSR count). The fourth-order valence-electron chi connectivity index (χ4n) is 1.85. The first-order chi connectivity index (χ1) is 10.6. The second kappa shape index (κ2) is 6.75. The molecule has 0 aliphatic rings. The third-order valence-corrected chi connectivity index (χ3v) is 2.91. The van der Waals surface area contributed by atoms with Crippen molar-refractivity contribution < 1.29 is 18.7 Å². The highest BCUT2D eigenvalue weighted by atomic mass is 16.5. The first-order valence-corrected chi connectivity index (χ1v) is 6.64. The van der Waals surface area contributed by atoms with Gasteiger partial charge in [-0.1, -0.05) is 0 Å². The molecule has 7 nitrogen and oxygen atoms in total. The molecule has 0 bridgehead atoms. The Hall–Kier alpha value is -2.83. The van der Waals surface area contributed by atoms with Crippen LogP contribution < -0.4 is 15.6 Å². The molecular formula is C15H16N2O5. The summed E-state index contributed by atoms with van der Waals surface area (Å²) in [6.45, 7) is 3.49. The van der Waals surface area contributed by atoms with Gasteiger partial charge in [0.25, 0.3) is 0 Å². The fraction of sp³-hybridized carbons (Fsp3) is 0.267. The Morgan fingerprint density at radius 3 is 2.82 bits per heavy atom. The lowest BCUT2D eigenvalue weighted by Crippen LogP contribution is -2.15. The van der Waals surface area contributed by atoms with E-state index in [9.17, 15) is 9.59 Å². The molecule has 1 heterocycles. The molecule has 0 saturated carbocycles. The summed E-state index contributed by atoms with van der Waals surface area (Å²) in [5.41, 5.74) is 3.31. The van der Waals surface area contributed by atoms with Gasteiger partial charge in [0.05, 0.1) is 31.1 Å². The van der Waals surface area contributed by atoms with E-state index in [4.69, 9.17) is 13.9 Å². The van der Waals surface area contributed by atoms with Crippen LogP contribution >= 0.6 is 0 Å². The van der Waals surface area contributed by atoms with Crippen molar-refractivity contribution in [2.75, 3.05) is 19.1 Å². The average Bonchev–Trinajstić information content (AvgIpc) is 2.52. The van der Waals surface area contributed by atoms with E-state index in [0.29, 0.717) is 22.4 Å². The van der Waals surface area contributed by atoms with Gasteiger partial charge in [0, 0.05) is 6.07 Å². The number of rotatable bonds is 5. The molecule has 0 fully saturated rings. The van der Waals surface area contributed by atoms with Gasteiger partial charge in [0.2, 0.25) is 0 Å². The number of nitrogens with one attached hydrogen (secondary N) is 1. The zero-order valence-corrected chi connectivity index (χ0v) is 12.5. The number of fused-ring (bicyclic) bond motifs is 1. The van der Waals surface area contributed by atoms with Crippen molar-refractivity contribution in [3.05, 3.63) is 34.7 Å². The van der Waals surface area contributed by atoms with E-state index in [-0.39, 0.29) is 17.7 Å². The summed E-state index contributed by atoms with van der Waals surface area (Å²) in [5, 5.41) is 4.22. The lowest BCUT2D eigenvalue weighted by Gasteiger charge is -2.08. The Morgan fingerprint density at radius 2 is 2.14 bits per heavy atom. The molecule has 2 aromatic rings. The van der Waals surface area contributed by atoms with Crippen LogP contribution in [-0.2, 0) is 9.53 Å². The smallest absolute Gasteiger partial charge is 0.354 e. The van der Waals surface area contributed by atoms with Crippen LogP contribution in [0, 0.1) is 0 Å². The van der Waals surface area contributed by atoms with E-state index in [0.717, 1.165) is 0 Å². The van der Waals surface area contributed by atoms with Gasteiger partial charge in [-0.3, -0.25) is 10.2 Å². The third-order valence-electron chi connectivity index (χ3n) is 2.91. The SMILES string of the molecule is CCOC(=O)C(C)=NNc1ccc(OC)c2occc(=O)c12. The summed E-state index contributed by atoms with van der Waals surface area (Å²) in [5.74, 6) is -0.0933. The van der Waals surface area contributed by atoms with E-state index >= 15 is 0 Å². The van der Waals surface area contributed by atoms with Gasteiger partial charge < -0.3 is 13.9 Å². The summed E-state index contributed by atoms with van der Waals surface area (Å²) in [6, 6.07) is 4.57. The van der Waals surface area contributed by atoms with Gasteiger partial charge in [-0.15, -0.1) is 0 Å². The van der Waals surface area contributed by atoms with Gasteiger partial charge in [0.15, 0.2) is 16.8 Å². The summed E-state index contributed by atoms with van der Waals surface area (Å²) < 4.78 is 15.3. The summed E-state index contributed by atoms with van der Waals surface area (Å²) in [7, 11) is 1.48. The number of carbonyl (C=O) groups is 1. The van der Waals surface area contributed by atoms with Gasteiger partial charge in [-0.2, -0.15) is 5.10 Å². The van der Waals surface area contributed by atoms with Gasteiger partial charge in [-0.25, -0.2) is 4.79 Å². The zero-order chi connectivity index (χ0) is 16.1. The first kappa shape index (κ1) is 15.6. The van der Waals surface area contributed by atoms with Crippen LogP contribution in [0.4, 0.5) is 5.69 Å². The largest absolute Gasteiger partial charge is 0.493 e. The molecule has 1 aromatic heterocycles. The molecule has 7 heteroatoms. The number of benzene rings is 1. The molecule has 1 N–H and O–H groups in total. The van der Waals surface area contributed by atoms with E-state index in [1.54, 1.807) is 19.1 Å². The normalized spacial score (nSPS) is 11.3. The molecule has 22 heavy (non-hydrogen) atoms. The quantitative estimate of drug-likeness (QED) is 0.517. The Kier molecular flexibility index (Phi) is 4.77. The van der Waals surface area contributed by atoms with E-state index in [1.807, 2.05) is 0 Å². The standard InChI is InChI=1S/C15H16N2O5/c1-4-21-15(19)9(2)16-17-10-5-6-12(20-3)14-13(10)11(18)7-8-22-14/h5-8,17H,4H2,1-3H3. The fourth-order valence-corrected chi connectivity index (χ4v) is 1.85. The van der Waals surface area contributed by atoms with E-state index < -0.39 is 5.97 Å². The van der Waals surface area contributed by atoms with Gasteiger partial charge in [-0.05, 0) is 26.0 Å². The van der Waals surface area contributed by atoms with Crippen LogP contribution in [0.3, 0.4) is 0 Å². The lowest BCUT2D eigenvalue weighted by molar-refractivity contribution is -0.135. The minimum atomic E-state index is -0.528. The number of anilines is 1. The number of ether oxygens (including phenoxy) is 2. The summed E-state index contributed by atoms with van der Waals surface area (Å²) in [4.78, 5) is 23.6. The number of methoxy groups -OCH3 is 1. The highest BCUT2D eigenvalue weighted by molar-refractivity contribution is 6.35. The number of hydrazone groups is 1. The van der Waals surface area contributed by atoms with Crippen molar-refractivity contribution >= 4 is 28.3 Å². The summed E-state index contributed by atoms with van der Waals surface area (Å²) >= 11 is 0. The van der Waals surface area contributed by atoms with Crippen LogP contribution in [0.25, 0.3) is 11.0 Å². The van der Waals surface area contributed by atoms with E-state index in [1.165, 1.54) is 26.4 Å². The number of hydrogen-bond acceptors (Lipinski definition) is 7. The van der Waals surface area contributed by atoms with Crippen molar-refractivity contribution in [3.8, 4) is 5.75 Å². The third kappa shape index (κ3) is 3.08. The molecule has 116 valence electrons. The van der Waals surface area contributed by atoms with Crippen LogP contribution in [0.1, 0.15) is 13.8 Å². The van der Waals surface area contributed by atoms with Gasteiger partial charge >= 0.3 is 5.97 Å². The maximum atomic E-state index is 12.1. The predicted molar refractivity (Wildman–Crippen MR) is 82.4 cm³/mol. The van der Waals surface area contributed by atoms with Crippen molar-refractivity contribution in [1.82, 2.24) is 0 Å². The average molecular weight is 304 g/mol. The molecule has 0 unspecified atom stereocenters. The molecule has 1 aromatic carbocycles. The molecule has 0 aliphatic carbocycles. The molecule has 0 spiro atoms. The minimum Gasteiger partial charge on any atom is -0.493 e. The zero-order valence-electron chi connectivity index (χ0n) is 12.5.